The van der Waals surface area contributed by atoms with Crippen LogP contribution in [0.2, 0.25) is 0 Å². The van der Waals surface area contributed by atoms with Crippen molar-refractivity contribution in [3.63, 3.8) is 0 Å². The molecule has 2 heterocycles. The highest BCUT2D eigenvalue weighted by atomic mass is 16.2. The van der Waals surface area contributed by atoms with Gasteiger partial charge in [0.15, 0.2) is 0 Å². The molecule has 3 rings (SSSR count). The van der Waals surface area contributed by atoms with E-state index in [2.05, 4.69) is 0 Å². The van der Waals surface area contributed by atoms with Gasteiger partial charge in [0.05, 0.1) is 11.1 Å². The minimum Gasteiger partial charge on any atom is -0.340 e. The zero-order chi connectivity index (χ0) is 20.6. The third-order valence-electron chi connectivity index (χ3n) is 5.31. The second-order valence-electron chi connectivity index (χ2n) is 8.42. The van der Waals surface area contributed by atoms with Gasteiger partial charge in [0.25, 0.3) is 11.8 Å². The molecular weight excluding hydrogens is 358 g/mol. The number of rotatable bonds is 2. The molecule has 4 amide bonds. The molecular formula is C21H27N3O4. The molecule has 1 fully saturated rings. The zero-order valence-corrected chi connectivity index (χ0v) is 16.9. The lowest BCUT2D eigenvalue weighted by Gasteiger charge is -2.30. The van der Waals surface area contributed by atoms with Crippen LogP contribution in [0, 0.1) is 5.41 Å². The summed E-state index contributed by atoms with van der Waals surface area (Å²) in [5.41, 5.74) is 0.210. The normalized spacial score (nSPS) is 18.8. The molecule has 1 unspecified atom stereocenters. The van der Waals surface area contributed by atoms with Crippen molar-refractivity contribution >= 4 is 23.6 Å². The quantitative estimate of drug-likeness (QED) is 0.727. The first-order valence-corrected chi connectivity index (χ1v) is 9.68. The smallest absolute Gasteiger partial charge is 0.262 e. The maximum absolute atomic E-state index is 13.0. The molecule has 1 saturated heterocycles. The van der Waals surface area contributed by atoms with Crippen molar-refractivity contribution in [2.24, 2.45) is 5.41 Å². The maximum atomic E-state index is 13.0. The third kappa shape index (κ3) is 3.53. The average Bonchev–Trinajstić information content (AvgIpc) is 2.82. The molecule has 28 heavy (non-hydrogen) atoms. The topological polar surface area (TPSA) is 78.0 Å². The van der Waals surface area contributed by atoms with E-state index in [9.17, 15) is 19.2 Å². The van der Waals surface area contributed by atoms with Crippen molar-refractivity contribution in [2.75, 3.05) is 26.2 Å². The number of nitrogens with zero attached hydrogens (tertiary/aromatic N) is 3. The first-order chi connectivity index (χ1) is 13.1. The SMILES string of the molecule is CC(C(=O)N1CCCN(C(=O)C(C)(C)C)CC1)N1C(=O)c2ccccc2C1=O. The molecule has 0 bridgehead atoms. The summed E-state index contributed by atoms with van der Waals surface area (Å²) in [6.45, 7) is 9.19. The van der Waals surface area contributed by atoms with E-state index in [4.69, 9.17) is 0 Å². The van der Waals surface area contributed by atoms with Crippen LogP contribution in [-0.4, -0.2) is 70.5 Å². The fraction of sp³-hybridized carbons (Fsp3) is 0.524. The Morgan fingerprint density at radius 2 is 1.39 bits per heavy atom. The molecule has 0 N–H and O–H groups in total. The van der Waals surface area contributed by atoms with Gasteiger partial charge in [0.2, 0.25) is 11.8 Å². The van der Waals surface area contributed by atoms with E-state index in [0.29, 0.717) is 43.7 Å². The highest BCUT2D eigenvalue weighted by molar-refractivity contribution is 6.22. The minimum absolute atomic E-state index is 0.0650. The van der Waals surface area contributed by atoms with Crippen molar-refractivity contribution in [1.82, 2.24) is 14.7 Å². The summed E-state index contributed by atoms with van der Waals surface area (Å²) in [6.07, 6.45) is 0.669. The number of benzene rings is 1. The van der Waals surface area contributed by atoms with Crippen molar-refractivity contribution in [3.8, 4) is 0 Å². The predicted octanol–water partition coefficient (Wildman–Crippen LogP) is 1.78. The highest BCUT2D eigenvalue weighted by Crippen LogP contribution is 2.25. The Morgan fingerprint density at radius 3 is 1.93 bits per heavy atom. The molecule has 1 aromatic carbocycles. The summed E-state index contributed by atoms with van der Waals surface area (Å²) in [4.78, 5) is 55.3. The molecule has 1 aromatic rings. The second kappa shape index (κ2) is 7.37. The average molecular weight is 385 g/mol. The fourth-order valence-electron chi connectivity index (χ4n) is 3.75. The number of hydrogen-bond acceptors (Lipinski definition) is 4. The first kappa shape index (κ1) is 20.0. The summed E-state index contributed by atoms with van der Waals surface area (Å²) in [6, 6.07) is 5.74. The van der Waals surface area contributed by atoms with Gasteiger partial charge in [0.1, 0.15) is 6.04 Å². The summed E-state index contributed by atoms with van der Waals surface area (Å²) in [5.74, 6) is -1.06. The van der Waals surface area contributed by atoms with Crippen molar-refractivity contribution in [2.45, 2.75) is 40.2 Å². The standard InChI is InChI=1S/C21H27N3O4/c1-14(24-18(26)15-8-5-6-9-16(15)19(24)27)17(25)22-10-7-11-23(13-12-22)20(28)21(2,3)4/h5-6,8-9,14H,7,10-13H2,1-4H3. The van der Waals surface area contributed by atoms with E-state index in [0.717, 1.165) is 4.90 Å². The Labute approximate surface area is 165 Å². The van der Waals surface area contributed by atoms with Crippen LogP contribution in [0.5, 0.6) is 0 Å². The van der Waals surface area contributed by atoms with Crippen LogP contribution < -0.4 is 0 Å². The van der Waals surface area contributed by atoms with Gasteiger partial charge < -0.3 is 9.80 Å². The van der Waals surface area contributed by atoms with Gasteiger partial charge in [-0.2, -0.15) is 0 Å². The number of amides is 4. The fourth-order valence-corrected chi connectivity index (χ4v) is 3.75. The Bertz CT molecular complexity index is 792. The van der Waals surface area contributed by atoms with Gasteiger partial charge in [-0.1, -0.05) is 32.9 Å². The molecule has 2 aliphatic heterocycles. The number of carbonyl (C=O) groups excluding carboxylic acids is 4. The van der Waals surface area contributed by atoms with Gasteiger partial charge in [-0.25, -0.2) is 0 Å². The van der Waals surface area contributed by atoms with Crippen LogP contribution in [0.4, 0.5) is 0 Å². The monoisotopic (exact) mass is 385 g/mol. The van der Waals surface area contributed by atoms with Gasteiger partial charge >= 0.3 is 0 Å². The number of imide groups is 1. The molecule has 150 valence electrons. The second-order valence-corrected chi connectivity index (χ2v) is 8.42. The molecule has 0 saturated carbocycles. The van der Waals surface area contributed by atoms with E-state index in [1.807, 2.05) is 20.8 Å². The summed E-state index contributed by atoms with van der Waals surface area (Å²) in [7, 11) is 0. The van der Waals surface area contributed by atoms with Crippen LogP contribution in [0.25, 0.3) is 0 Å². The number of fused-ring (bicyclic) bond motifs is 1. The van der Waals surface area contributed by atoms with Crippen LogP contribution in [-0.2, 0) is 9.59 Å². The van der Waals surface area contributed by atoms with Crippen molar-refractivity contribution in [3.05, 3.63) is 35.4 Å². The Morgan fingerprint density at radius 1 is 0.893 bits per heavy atom. The van der Waals surface area contributed by atoms with E-state index in [-0.39, 0.29) is 11.8 Å². The van der Waals surface area contributed by atoms with Crippen LogP contribution >= 0.6 is 0 Å². The summed E-state index contributed by atoms with van der Waals surface area (Å²) < 4.78 is 0. The van der Waals surface area contributed by atoms with E-state index >= 15 is 0 Å². The van der Waals surface area contributed by atoms with Gasteiger partial charge in [-0.3, -0.25) is 24.1 Å². The van der Waals surface area contributed by atoms with Crippen molar-refractivity contribution in [1.29, 1.82) is 0 Å². The molecule has 2 aliphatic rings. The largest absolute Gasteiger partial charge is 0.340 e. The van der Waals surface area contributed by atoms with Crippen LogP contribution in [0.15, 0.2) is 24.3 Å². The first-order valence-electron chi connectivity index (χ1n) is 9.68. The lowest BCUT2D eigenvalue weighted by atomic mass is 9.94. The maximum Gasteiger partial charge on any atom is 0.262 e. The van der Waals surface area contributed by atoms with Crippen molar-refractivity contribution < 1.29 is 19.2 Å². The summed E-state index contributed by atoms with van der Waals surface area (Å²) in [5, 5.41) is 0. The molecule has 0 spiro atoms. The van der Waals surface area contributed by atoms with E-state index in [1.165, 1.54) is 0 Å². The molecule has 7 heteroatoms. The molecule has 0 aliphatic carbocycles. The Hall–Kier alpha value is -2.70. The highest BCUT2D eigenvalue weighted by Gasteiger charge is 2.42. The lowest BCUT2D eigenvalue weighted by molar-refractivity contribution is -0.140. The molecule has 0 radical (unpaired) electrons. The summed E-state index contributed by atoms with van der Waals surface area (Å²) >= 11 is 0. The third-order valence-corrected chi connectivity index (χ3v) is 5.31. The number of carbonyl (C=O) groups is 4. The zero-order valence-electron chi connectivity index (χ0n) is 16.9. The Balaban J connectivity index is 1.70. The lowest BCUT2D eigenvalue weighted by Crippen LogP contribution is -2.50. The molecule has 7 nitrogen and oxygen atoms in total. The van der Waals surface area contributed by atoms with Gasteiger partial charge in [-0.05, 0) is 25.5 Å². The van der Waals surface area contributed by atoms with Gasteiger partial charge in [0, 0.05) is 31.6 Å². The molecule has 1 atom stereocenters. The predicted molar refractivity (Wildman–Crippen MR) is 104 cm³/mol. The molecule has 0 aromatic heterocycles. The van der Waals surface area contributed by atoms with E-state index < -0.39 is 23.3 Å². The van der Waals surface area contributed by atoms with E-state index in [1.54, 1.807) is 41.0 Å². The number of hydrogen-bond donors (Lipinski definition) is 0. The van der Waals surface area contributed by atoms with Crippen LogP contribution in [0.3, 0.4) is 0 Å². The minimum atomic E-state index is -0.878. The van der Waals surface area contributed by atoms with Gasteiger partial charge in [-0.15, -0.1) is 0 Å². The Kier molecular flexibility index (Phi) is 5.28. The van der Waals surface area contributed by atoms with Crippen LogP contribution in [0.1, 0.15) is 54.8 Å².